The Balaban J connectivity index is 2.00. The van der Waals surface area contributed by atoms with Gasteiger partial charge in [-0.2, -0.15) is 0 Å². The summed E-state index contributed by atoms with van der Waals surface area (Å²) in [5.74, 6) is 0.0841. The number of hydrogen-bond acceptors (Lipinski definition) is 3. The zero-order chi connectivity index (χ0) is 14.0. The minimum atomic E-state index is 0.0841. The van der Waals surface area contributed by atoms with Crippen LogP contribution in [0.2, 0.25) is 0 Å². The fourth-order valence-electron chi connectivity index (χ4n) is 2.43. The van der Waals surface area contributed by atoms with Crippen LogP contribution in [0.4, 0.5) is 5.69 Å². The zero-order valence-electron chi connectivity index (χ0n) is 12.0. The number of nitrogen functional groups attached to an aromatic ring is 1. The maximum atomic E-state index is 12.4. The van der Waals surface area contributed by atoms with E-state index in [0.29, 0.717) is 11.3 Å². The topological polar surface area (TPSA) is 49.6 Å². The van der Waals surface area contributed by atoms with Gasteiger partial charge < -0.3 is 10.6 Å². The van der Waals surface area contributed by atoms with E-state index in [9.17, 15) is 4.79 Å². The van der Waals surface area contributed by atoms with Crippen molar-refractivity contribution in [2.45, 2.75) is 26.3 Å². The van der Waals surface area contributed by atoms with Crippen molar-refractivity contribution >= 4 is 11.6 Å². The third-order valence-electron chi connectivity index (χ3n) is 3.65. The van der Waals surface area contributed by atoms with E-state index in [1.54, 1.807) is 12.1 Å². The van der Waals surface area contributed by atoms with Crippen molar-refractivity contribution in [2.24, 2.45) is 0 Å². The first kappa shape index (κ1) is 13.9. The van der Waals surface area contributed by atoms with Gasteiger partial charge in [0.25, 0.3) is 5.91 Å². The van der Waals surface area contributed by atoms with E-state index in [0.717, 1.165) is 26.2 Å². The molecule has 0 aromatic heterocycles. The second kappa shape index (κ2) is 5.21. The number of rotatable bonds is 1. The highest BCUT2D eigenvalue weighted by Gasteiger charge is 2.28. The summed E-state index contributed by atoms with van der Waals surface area (Å²) >= 11 is 0. The van der Waals surface area contributed by atoms with Gasteiger partial charge in [-0.1, -0.05) is 6.07 Å². The first-order valence-electron chi connectivity index (χ1n) is 6.78. The third-order valence-corrected chi connectivity index (χ3v) is 3.65. The zero-order valence-corrected chi connectivity index (χ0v) is 12.0. The van der Waals surface area contributed by atoms with Gasteiger partial charge in [0.2, 0.25) is 0 Å². The van der Waals surface area contributed by atoms with Crippen LogP contribution in [0.3, 0.4) is 0 Å². The molecule has 1 aliphatic heterocycles. The van der Waals surface area contributed by atoms with Crippen LogP contribution in [0.25, 0.3) is 0 Å². The molecule has 1 aromatic carbocycles. The van der Waals surface area contributed by atoms with Crippen LogP contribution in [0.5, 0.6) is 0 Å². The van der Waals surface area contributed by atoms with Crippen LogP contribution in [0.1, 0.15) is 31.1 Å². The largest absolute Gasteiger partial charge is 0.399 e. The Morgan fingerprint density at radius 2 is 1.79 bits per heavy atom. The first-order chi connectivity index (χ1) is 8.88. The molecule has 104 valence electrons. The lowest BCUT2D eigenvalue weighted by molar-refractivity contribution is 0.0451. The van der Waals surface area contributed by atoms with Gasteiger partial charge in [-0.3, -0.25) is 9.69 Å². The molecule has 4 nitrogen and oxygen atoms in total. The molecular formula is C15H23N3O. The Hall–Kier alpha value is -1.55. The Kier molecular flexibility index (Phi) is 3.80. The maximum absolute atomic E-state index is 12.4. The smallest absolute Gasteiger partial charge is 0.254 e. The normalized spacial score (nSPS) is 17.5. The quantitative estimate of drug-likeness (QED) is 0.785. The van der Waals surface area contributed by atoms with Crippen LogP contribution in [-0.2, 0) is 0 Å². The molecule has 1 aliphatic rings. The Morgan fingerprint density at radius 1 is 1.16 bits per heavy atom. The third kappa shape index (κ3) is 3.26. The number of carbonyl (C=O) groups is 1. The van der Waals surface area contributed by atoms with Crippen molar-refractivity contribution in [3.8, 4) is 0 Å². The van der Waals surface area contributed by atoms with Crippen LogP contribution in [-0.4, -0.2) is 47.4 Å². The summed E-state index contributed by atoms with van der Waals surface area (Å²) in [5.41, 5.74) is 7.22. The van der Waals surface area contributed by atoms with Crippen molar-refractivity contribution in [3.05, 3.63) is 29.8 Å². The molecule has 1 saturated heterocycles. The van der Waals surface area contributed by atoms with Gasteiger partial charge in [-0.05, 0) is 39.0 Å². The van der Waals surface area contributed by atoms with Gasteiger partial charge in [0.1, 0.15) is 0 Å². The summed E-state index contributed by atoms with van der Waals surface area (Å²) in [5, 5.41) is 0. The van der Waals surface area contributed by atoms with Crippen molar-refractivity contribution in [2.75, 3.05) is 31.9 Å². The molecule has 1 heterocycles. The molecule has 0 saturated carbocycles. The van der Waals surface area contributed by atoms with E-state index in [4.69, 9.17) is 5.73 Å². The van der Waals surface area contributed by atoms with Gasteiger partial charge in [0.15, 0.2) is 0 Å². The van der Waals surface area contributed by atoms with Crippen molar-refractivity contribution in [1.29, 1.82) is 0 Å². The van der Waals surface area contributed by atoms with Crippen LogP contribution >= 0.6 is 0 Å². The van der Waals surface area contributed by atoms with Gasteiger partial charge >= 0.3 is 0 Å². The highest BCUT2D eigenvalue weighted by atomic mass is 16.2. The summed E-state index contributed by atoms with van der Waals surface area (Å²) in [6, 6.07) is 7.20. The predicted molar refractivity (Wildman–Crippen MR) is 78.1 cm³/mol. The number of amides is 1. The Morgan fingerprint density at radius 3 is 2.32 bits per heavy atom. The summed E-state index contributed by atoms with van der Waals surface area (Å²) in [6.45, 7) is 10.1. The van der Waals surface area contributed by atoms with Gasteiger partial charge in [-0.15, -0.1) is 0 Å². The lowest BCUT2D eigenvalue weighted by atomic mass is 10.0. The molecule has 0 atom stereocenters. The molecule has 1 amide bonds. The number of nitrogens with zero attached hydrogens (tertiary/aromatic N) is 2. The van der Waals surface area contributed by atoms with E-state index in [2.05, 4.69) is 25.7 Å². The van der Waals surface area contributed by atoms with E-state index in [-0.39, 0.29) is 11.4 Å². The number of benzene rings is 1. The van der Waals surface area contributed by atoms with Gasteiger partial charge in [0, 0.05) is 43.0 Å². The molecule has 0 radical (unpaired) electrons. The SMILES string of the molecule is CC(C)(C)N1CCN(C(=O)c2cccc(N)c2)CC1. The lowest BCUT2D eigenvalue weighted by Gasteiger charge is -2.42. The van der Waals surface area contributed by atoms with E-state index < -0.39 is 0 Å². The van der Waals surface area contributed by atoms with Gasteiger partial charge in [0.05, 0.1) is 0 Å². The van der Waals surface area contributed by atoms with Crippen LogP contribution in [0, 0.1) is 0 Å². The molecule has 2 N–H and O–H groups in total. The molecule has 1 fully saturated rings. The Labute approximate surface area is 115 Å². The number of carbonyl (C=O) groups excluding carboxylic acids is 1. The molecule has 1 aromatic rings. The van der Waals surface area contributed by atoms with E-state index in [1.165, 1.54) is 0 Å². The summed E-state index contributed by atoms with van der Waals surface area (Å²) in [7, 11) is 0. The summed E-state index contributed by atoms with van der Waals surface area (Å²) in [4.78, 5) is 16.7. The van der Waals surface area contributed by atoms with Crippen molar-refractivity contribution in [3.63, 3.8) is 0 Å². The first-order valence-corrected chi connectivity index (χ1v) is 6.78. The highest BCUT2D eigenvalue weighted by Crippen LogP contribution is 2.17. The molecule has 2 rings (SSSR count). The van der Waals surface area contributed by atoms with E-state index >= 15 is 0 Å². The molecule has 19 heavy (non-hydrogen) atoms. The highest BCUT2D eigenvalue weighted by molar-refractivity contribution is 5.95. The second-order valence-electron chi connectivity index (χ2n) is 6.08. The standard InChI is InChI=1S/C15H23N3O/c1-15(2,3)18-9-7-17(8-10-18)14(19)12-5-4-6-13(16)11-12/h4-6,11H,7-10,16H2,1-3H3. The molecule has 0 aliphatic carbocycles. The number of hydrogen-bond donors (Lipinski definition) is 1. The van der Waals surface area contributed by atoms with Gasteiger partial charge in [-0.25, -0.2) is 0 Å². The molecular weight excluding hydrogens is 238 g/mol. The Bertz CT molecular complexity index is 457. The van der Waals surface area contributed by atoms with E-state index in [1.807, 2.05) is 17.0 Å². The summed E-state index contributed by atoms with van der Waals surface area (Å²) < 4.78 is 0. The van der Waals surface area contributed by atoms with Crippen molar-refractivity contribution < 1.29 is 4.79 Å². The summed E-state index contributed by atoms with van der Waals surface area (Å²) in [6.07, 6.45) is 0. The second-order valence-corrected chi connectivity index (χ2v) is 6.08. The lowest BCUT2D eigenvalue weighted by Crippen LogP contribution is -2.54. The molecule has 0 spiro atoms. The average molecular weight is 261 g/mol. The van der Waals surface area contributed by atoms with Crippen LogP contribution in [0.15, 0.2) is 24.3 Å². The number of nitrogens with two attached hydrogens (primary N) is 1. The fourth-order valence-corrected chi connectivity index (χ4v) is 2.43. The monoisotopic (exact) mass is 261 g/mol. The predicted octanol–water partition coefficient (Wildman–Crippen LogP) is 1.83. The van der Waals surface area contributed by atoms with Crippen LogP contribution < -0.4 is 5.73 Å². The molecule has 0 bridgehead atoms. The average Bonchev–Trinajstić information content (AvgIpc) is 2.37. The number of piperazine rings is 1. The van der Waals surface area contributed by atoms with Crippen molar-refractivity contribution in [1.82, 2.24) is 9.80 Å². The minimum absolute atomic E-state index is 0.0841. The number of anilines is 1. The fraction of sp³-hybridized carbons (Fsp3) is 0.533. The maximum Gasteiger partial charge on any atom is 0.254 e. The molecule has 0 unspecified atom stereocenters. The minimum Gasteiger partial charge on any atom is -0.399 e. The molecule has 4 heteroatoms.